The number of carbonyl (C=O) groups is 1. The number of nitrogens with zero attached hydrogens (tertiary/aromatic N) is 1. The van der Waals surface area contributed by atoms with Crippen LogP contribution in [0.1, 0.15) is 32.6 Å². The van der Waals surface area contributed by atoms with E-state index in [-0.39, 0.29) is 0 Å². The zero-order chi connectivity index (χ0) is 12.1. The van der Waals surface area contributed by atoms with Crippen LogP contribution in [-0.2, 0) is 9.53 Å². The van der Waals surface area contributed by atoms with Crippen molar-refractivity contribution in [1.29, 1.82) is 0 Å². The Hall–Kier alpha value is -0.610. The second-order valence-electron chi connectivity index (χ2n) is 5.23. The summed E-state index contributed by atoms with van der Waals surface area (Å²) in [5.41, 5.74) is 0. The Morgan fingerprint density at radius 1 is 1.41 bits per heavy atom. The molecule has 17 heavy (non-hydrogen) atoms. The van der Waals surface area contributed by atoms with E-state index < -0.39 is 0 Å². The largest absolute Gasteiger partial charge is 0.378 e. The van der Waals surface area contributed by atoms with E-state index in [2.05, 4.69) is 12.2 Å². The zero-order valence-corrected chi connectivity index (χ0v) is 10.8. The van der Waals surface area contributed by atoms with E-state index in [1.807, 2.05) is 4.90 Å². The van der Waals surface area contributed by atoms with E-state index in [1.54, 1.807) is 0 Å². The Balaban J connectivity index is 1.76. The quantitative estimate of drug-likeness (QED) is 0.800. The van der Waals surface area contributed by atoms with Gasteiger partial charge in [-0.25, -0.2) is 0 Å². The summed E-state index contributed by atoms with van der Waals surface area (Å²) >= 11 is 0. The van der Waals surface area contributed by atoms with Crippen LogP contribution in [0.5, 0.6) is 0 Å². The fourth-order valence-corrected chi connectivity index (χ4v) is 2.72. The summed E-state index contributed by atoms with van der Waals surface area (Å²) in [5.74, 6) is 0.749. The standard InChI is InChI=1S/C13H24N2O2/c1-11(12-4-2-3-5-14-12)10-13(16)15-6-8-17-9-7-15/h11-12,14H,2-10H2,1H3/t11-,12+/m1/s1. The maximum Gasteiger partial charge on any atom is 0.223 e. The van der Waals surface area contributed by atoms with Gasteiger partial charge in [0.05, 0.1) is 13.2 Å². The molecule has 0 aromatic carbocycles. The van der Waals surface area contributed by atoms with E-state index in [0.717, 1.165) is 19.6 Å². The normalized spacial score (nSPS) is 27.8. The number of carbonyl (C=O) groups excluding carboxylic acids is 1. The molecule has 2 aliphatic rings. The number of hydrogen-bond acceptors (Lipinski definition) is 3. The van der Waals surface area contributed by atoms with E-state index in [9.17, 15) is 4.79 Å². The lowest BCUT2D eigenvalue weighted by Gasteiger charge is -2.32. The van der Waals surface area contributed by atoms with Gasteiger partial charge in [0.25, 0.3) is 0 Å². The Morgan fingerprint density at radius 3 is 2.82 bits per heavy atom. The first-order valence-electron chi connectivity index (χ1n) is 6.86. The van der Waals surface area contributed by atoms with Gasteiger partial charge in [0, 0.05) is 25.6 Å². The molecule has 0 aliphatic carbocycles. The lowest BCUT2D eigenvalue weighted by Crippen LogP contribution is -2.44. The average molecular weight is 240 g/mol. The highest BCUT2D eigenvalue weighted by Crippen LogP contribution is 2.19. The lowest BCUT2D eigenvalue weighted by atomic mass is 9.91. The molecule has 0 spiro atoms. The van der Waals surface area contributed by atoms with Crippen LogP contribution < -0.4 is 5.32 Å². The first-order chi connectivity index (χ1) is 8.27. The highest BCUT2D eigenvalue weighted by Gasteiger charge is 2.24. The fraction of sp³-hybridized carbons (Fsp3) is 0.923. The Labute approximate surface area is 104 Å². The van der Waals surface area contributed by atoms with Crippen LogP contribution in [-0.4, -0.2) is 49.7 Å². The van der Waals surface area contributed by atoms with Gasteiger partial charge in [-0.1, -0.05) is 13.3 Å². The minimum absolute atomic E-state index is 0.299. The second-order valence-corrected chi connectivity index (χ2v) is 5.23. The van der Waals surface area contributed by atoms with Crippen molar-refractivity contribution >= 4 is 5.91 Å². The van der Waals surface area contributed by atoms with Crippen LogP contribution in [0, 0.1) is 5.92 Å². The van der Waals surface area contributed by atoms with Crippen molar-refractivity contribution in [2.45, 2.75) is 38.6 Å². The molecule has 4 heteroatoms. The molecule has 0 bridgehead atoms. The van der Waals surface area contributed by atoms with Gasteiger partial charge in [0.15, 0.2) is 0 Å². The smallest absolute Gasteiger partial charge is 0.223 e. The third kappa shape index (κ3) is 3.68. The highest BCUT2D eigenvalue weighted by molar-refractivity contribution is 5.76. The number of nitrogens with one attached hydrogen (secondary N) is 1. The molecule has 1 amide bonds. The maximum absolute atomic E-state index is 12.1. The molecule has 98 valence electrons. The first-order valence-corrected chi connectivity index (χ1v) is 6.86. The summed E-state index contributed by atoms with van der Waals surface area (Å²) in [4.78, 5) is 14.0. The molecule has 0 aromatic rings. The molecule has 4 nitrogen and oxygen atoms in total. The summed E-state index contributed by atoms with van der Waals surface area (Å²) in [6.45, 7) is 6.24. The Morgan fingerprint density at radius 2 is 2.18 bits per heavy atom. The summed E-state index contributed by atoms with van der Waals surface area (Å²) in [7, 11) is 0. The van der Waals surface area contributed by atoms with Crippen LogP contribution in [0.3, 0.4) is 0 Å². The van der Waals surface area contributed by atoms with Crippen LogP contribution in [0.25, 0.3) is 0 Å². The molecule has 0 unspecified atom stereocenters. The van der Waals surface area contributed by atoms with Crippen molar-refractivity contribution in [3.63, 3.8) is 0 Å². The molecular formula is C13H24N2O2. The third-order valence-corrected chi connectivity index (χ3v) is 3.90. The zero-order valence-electron chi connectivity index (χ0n) is 10.8. The Kier molecular flexibility index (Phi) is 4.80. The number of amides is 1. The van der Waals surface area contributed by atoms with Crippen LogP contribution in [0.4, 0.5) is 0 Å². The summed E-state index contributed by atoms with van der Waals surface area (Å²) < 4.78 is 5.26. The van der Waals surface area contributed by atoms with Gasteiger partial charge < -0.3 is 15.0 Å². The molecular weight excluding hydrogens is 216 g/mol. The highest BCUT2D eigenvalue weighted by atomic mass is 16.5. The van der Waals surface area contributed by atoms with Crippen molar-refractivity contribution in [2.24, 2.45) is 5.92 Å². The summed E-state index contributed by atoms with van der Waals surface area (Å²) in [5, 5.41) is 3.53. The molecule has 2 rings (SSSR count). The Bertz CT molecular complexity index is 246. The number of ether oxygens (including phenoxy) is 1. The average Bonchev–Trinajstić information content (AvgIpc) is 2.40. The molecule has 0 radical (unpaired) electrons. The van der Waals surface area contributed by atoms with E-state index in [0.29, 0.717) is 37.5 Å². The van der Waals surface area contributed by atoms with Crippen LogP contribution in [0.15, 0.2) is 0 Å². The maximum atomic E-state index is 12.1. The van der Waals surface area contributed by atoms with Crippen molar-refractivity contribution in [1.82, 2.24) is 10.2 Å². The van der Waals surface area contributed by atoms with Gasteiger partial charge in [0.2, 0.25) is 5.91 Å². The molecule has 2 atom stereocenters. The minimum Gasteiger partial charge on any atom is -0.378 e. The van der Waals surface area contributed by atoms with Gasteiger partial charge in [-0.15, -0.1) is 0 Å². The molecule has 2 fully saturated rings. The number of rotatable bonds is 3. The van der Waals surface area contributed by atoms with Gasteiger partial charge >= 0.3 is 0 Å². The predicted octanol–water partition coefficient (Wildman–Crippen LogP) is 1.01. The van der Waals surface area contributed by atoms with Crippen molar-refractivity contribution in [2.75, 3.05) is 32.8 Å². The second kappa shape index (κ2) is 6.36. The fourth-order valence-electron chi connectivity index (χ4n) is 2.72. The molecule has 0 saturated carbocycles. The molecule has 0 aromatic heterocycles. The van der Waals surface area contributed by atoms with Gasteiger partial charge in [-0.3, -0.25) is 4.79 Å². The van der Waals surface area contributed by atoms with Crippen LogP contribution >= 0.6 is 0 Å². The van der Waals surface area contributed by atoms with Gasteiger partial charge in [-0.05, 0) is 25.3 Å². The molecule has 2 saturated heterocycles. The summed E-state index contributed by atoms with van der Waals surface area (Å²) in [6, 6.07) is 0.536. The third-order valence-electron chi connectivity index (χ3n) is 3.90. The van der Waals surface area contributed by atoms with Crippen LogP contribution in [0.2, 0.25) is 0 Å². The number of hydrogen-bond donors (Lipinski definition) is 1. The van der Waals surface area contributed by atoms with Crippen molar-refractivity contribution in [3.8, 4) is 0 Å². The van der Waals surface area contributed by atoms with E-state index in [4.69, 9.17) is 4.74 Å². The first kappa shape index (κ1) is 12.8. The van der Waals surface area contributed by atoms with Crippen molar-refractivity contribution < 1.29 is 9.53 Å². The van der Waals surface area contributed by atoms with Gasteiger partial charge in [0.1, 0.15) is 0 Å². The lowest BCUT2D eigenvalue weighted by molar-refractivity contribution is -0.136. The van der Waals surface area contributed by atoms with Crippen molar-refractivity contribution in [3.05, 3.63) is 0 Å². The van der Waals surface area contributed by atoms with Gasteiger partial charge in [-0.2, -0.15) is 0 Å². The molecule has 1 N–H and O–H groups in total. The summed E-state index contributed by atoms with van der Waals surface area (Å²) in [6.07, 6.45) is 4.48. The van der Waals surface area contributed by atoms with E-state index >= 15 is 0 Å². The number of morpholine rings is 1. The van der Waals surface area contributed by atoms with E-state index in [1.165, 1.54) is 19.3 Å². The predicted molar refractivity (Wildman–Crippen MR) is 66.8 cm³/mol. The molecule has 2 heterocycles. The number of piperidine rings is 1. The SMILES string of the molecule is C[C@H](CC(=O)N1CCOCC1)[C@@H]1CCCCN1. The minimum atomic E-state index is 0.299. The molecule has 2 aliphatic heterocycles. The monoisotopic (exact) mass is 240 g/mol. The topological polar surface area (TPSA) is 41.6 Å².